The minimum Gasteiger partial charge on any atom is -0.322 e. The molecule has 28 heavy (non-hydrogen) atoms. The monoisotopic (exact) mass is 391 g/mol. The number of pyridine rings is 1. The Balaban J connectivity index is 1.57. The lowest BCUT2D eigenvalue weighted by molar-refractivity contribution is 0.0982. The normalized spacial score (nSPS) is 13.0. The van der Waals surface area contributed by atoms with Crippen LogP contribution in [0.15, 0.2) is 67.0 Å². The molecule has 140 valence electrons. The van der Waals surface area contributed by atoms with Crippen LogP contribution in [0.2, 0.25) is 5.02 Å². The van der Waals surface area contributed by atoms with Gasteiger partial charge in [-0.25, -0.2) is 0 Å². The van der Waals surface area contributed by atoms with E-state index in [-0.39, 0.29) is 11.8 Å². The molecule has 1 aliphatic heterocycles. The molecule has 1 aliphatic rings. The zero-order chi connectivity index (χ0) is 19.5. The van der Waals surface area contributed by atoms with Crippen LogP contribution >= 0.6 is 11.6 Å². The number of carbonyl (C=O) groups excluding carboxylic acids is 2. The molecule has 3 aromatic rings. The molecule has 1 aromatic heterocycles. The maximum Gasteiger partial charge on any atom is 0.258 e. The largest absolute Gasteiger partial charge is 0.322 e. The molecule has 2 aromatic carbocycles. The third kappa shape index (κ3) is 3.75. The third-order valence-corrected chi connectivity index (χ3v) is 4.93. The van der Waals surface area contributed by atoms with Crippen molar-refractivity contribution in [2.24, 2.45) is 0 Å². The molecule has 0 spiro atoms. The lowest BCUT2D eigenvalue weighted by Gasteiger charge is -2.29. The maximum absolute atomic E-state index is 13.1. The molecule has 0 saturated heterocycles. The molecule has 0 unspecified atom stereocenters. The van der Waals surface area contributed by atoms with Gasteiger partial charge in [0.15, 0.2) is 0 Å². The summed E-state index contributed by atoms with van der Waals surface area (Å²) in [5, 5.41) is 3.49. The van der Waals surface area contributed by atoms with Gasteiger partial charge in [0.25, 0.3) is 11.8 Å². The van der Waals surface area contributed by atoms with Gasteiger partial charge in [-0.1, -0.05) is 17.7 Å². The second kappa shape index (κ2) is 7.82. The molecule has 0 fully saturated rings. The molecule has 0 bridgehead atoms. The summed E-state index contributed by atoms with van der Waals surface area (Å²) in [6.07, 6.45) is 4.90. The van der Waals surface area contributed by atoms with Crippen LogP contribution in [-0.4, -0.2) is 23.3 Å². The van der Waals surface area contributed by atoms with Crippen LogP contribution in [0.25, 0.3) is 0 Å². The number of nitrogens with zero attached hydrogens (tertiary/aromatic N) is 2. The highest BCUT2D eigenvalue weighted by Gasteiger charge is 2.24. The van der Waals surface area contributed by atoms with E-state index in [4.69, 9.17) is 11.6 Å². The van der Waals surface area contributed by atoms with Gasteiger partial charge in [-0.05, 0) is 66.9 Å². The SMILES string of the molecule is O=C(Nc1cccc(C(=O)N2CCCc3cc(Cl)ccc32)c1)c1cccnc1. The van der Waals surface area contributed by atoms with Crippen LogP contribution in [0.5, 0.6) is 0 Å². The van der Waals surface area contributed by atoms with E-state index >= 15 is 0 Å². The number of nitrogens with one attached hydrogen (secondary N) is 1. The number of anilines is 2. The number of hydrogen-bond acceptors (Lipinski definition) is 3. The second-order valence-electron chi connectivity index (χ2n) is 6.61. The molecular weight excluding hydrogens is 374 g/mol. The van der Waals surface area contributed by atoms with Crippen molar-refractivity contribution in [1.82, 2.24) is 4.98 Å². The second-order valence-corrected chi connectivity index (χ2v) is 7.05. The summed E-state index contributed by atoms with van der Waals surface area (Å²) in [5.74, 6) is -0.364. The van der Waals surface area contributed by atoms with E-state index in [9.17, 15) is 9.59 Å². The molecule has 2 amide bonds. The standard InChI is InChI=1S/C22H18ClN3O2/c23-18-8-9-20-15(12-18)6-3-11-26(20)22(28)16-4-1-7-19(13-16)25-21(27)17-5-2-10-24-14-17/h1-2,4-5,7-10,12-14H,3,6,11H2,(H,25,27). The van der Waals surface area contributed by atoms with Gasteiger partial charge < -0.3 is 10.2 Å². The topological polar surface area (TPSA) is 62.3 Å². The number of rotatable bonds is 3. The van der Waals surface area contributed by atoms with Crippen molar-refractivity contribution in [1.29, 1.82) is 0 Å². The highest BCUT2D eigenvalue weighted by Crippen LogP contribution is 2.31. The Bertz CT molecular complexity index is 1040. The van der Waals surface area contributed by atoms with E-state index in [2.05, 4.69) is 10.3 Å². The Morgan fingerprint density at radius 3 is 2.71 bits per heavy atom. The molecule has 1 N–H and O–H groups in total. The average Bonchev–Trinajstić information content (AvgIpc) is 2.73. The molecule has 6 heteroatoms. The van der Waals surface area contributed by atoms with Gasteiger partial charge in [-0.3, -0.25) is 14.6 Å². The fourth-order valence-electron chi connectivity index (χ4n) is 3.36. The predicted octanol–water partition coefficient (Wildman–Crippen LogP) is 4.58. The number of halogens is 1. The Morgan fingerprint density at radius 1 is 1.04 bits per heavy atom. The molecule has 2 heterocycles. The van der Waals surface area contributed by atoms with Crippen molar-refractivity contribution in [2.45, 2.75) is 12.8 Å². The average molecular weight is 392 g/mol. The quantitative estimate of drug-likeness (QED) is 0.710. The van der Waals surface area contributed by atoms with Gasteiger partial charge >= 0.3 is 0 Å². The van der Waals surface area contributed by atoms with E-state index in [1.165, 1.54) is 6.20 Å². The third-order valence-electron chi connectivity index (χ3n) is 4.70. The van der Waals surface area contributed by atoms with Crippen LogP contribution in [-0.2, 0) is 6.42 Å². The summed E-state index contributed by atoms with van der Waals surface area (Å²) in [5.41, 5.74) is 3.51. The first-order valence-electron chi connectivity index (χ1n) is 9.03. The number of carbonyl (C=O) groups is 2. The zero-order valence-corrected chi connectivity index (χ0v) is 15.8. The summed E-state index contributed by atoms with van der Waals surface area (Å²) in [6.45, 7) is 0.653. The van der Waals surface area contributed by atoms with Gasteiger partial charge in [0, 0.05) is 40.9 Å². The summed E-state index contributed by atoms with van der Waals surface area (Å²) >= 11 is 6.09. The Morgan fingerprint density at radius 2 is 1.89 bits per heavy atom. The first-order chi connectivity index (χ1) is 13.6. The van der Waals surface area contributed by atoms with Crippen LogP contribution in [0, 0.1) is 0 Å². The maximum atomic E-state index is 13.1. The molecule has 0 saturated carbocycles. The molecule has 0 radical (unpaired) electrons. The summed E-state index contributed by atoms with van der Waals surface area (Å²) in [4.78, 5) is 31.2. The van der Waals surface area contributed by atoms with Crippen molar-refractivity contribution < 1.29 is 9.59 Å². The Hall–Kier alpha value is -3.18. The fraction of sp³-hybridized carbons (Fsp3) is 0.136. The summed E-state index contributed by atoms with van der Waals surface area (Å²) < 4.78 is 0. The van der Waals surface area contributed by atoms with E-state index in [1.54, 1.807) is 53.6 Å². The van der Waals surface area contributed by atoms with Crippen LogP contribution in [0.4, 0.5) is 11.4 Å². The molecular formula is C22H18ClN3O2. The highest BCUT2D eigenvalue weighted by molar-refractivity contribution is 6.30. The van der Waals surface area contributed by atoms with Gasteiger partial charge in [0.2, 0.25) is 0 Å². The van der Waals surface area contributed by atoms with E-state index in [0.717, 1.165) is 24.1 Å². The van der Waals surface area contributed by atoms with Crippen molar-refractivity contribution in [2.75, 3.05) is 16.8 Å². The number of aryl methyl sites for hydroxylation is 1. The summed E-state index contributed by atoms with van der Waals surface area (Å²) in [6, 6.07) is 16.0. The molecule has 4 rings (SSSR count). The van der Waals surface area contributed by atoms with Gasteiger partial charge in [0.05, 0.1) is 5.56 Å². The van der Waals surface area contributed by atoms with Crippen molar-refractivity contribution in [3.05, 3.63) is 88.7 Å². The number of aromatic nitrogens is 1. The van der Waals surface area contributed by atoms with Crippen molar-refractivity contribution >= 4 is 34.8 Å². The lowest BCUT2D eigenvalue weighted by Crippen LogP contribution is -2.35. The minimum atomic E-state index is -0.268. The van der Waals surface area contributed by atoms with E-state index in [1.807, 2.05) is 12.1 Å². The van der Waals surface area contributed by atoms with Gasteiger partial charge in [-0.15, -0.1) is 0 Å². The van der Waals surface area contributed by atoms with Gasteiger partial charge in [-0.2, -0.15) is 0 Å². The van der Waals surface area contributed by atoms with E-state index < -0.39 is 0 Å². The summed E-state index contributed by atoms with van der Waals surface area (Å²) in [7, 11) is 0. The Labute approximate surface area is 168 Å². The minimum absolute atomic E-state index is 0.0965. The molecule has 5 nitrogen and oxygen atoms in total. The number of benzene rings is 2. The lowest BCUT2D eigenvalue weighted by atomic mass is 10.0. The number of amides is 2. The van der Waals surface area contributed by atoms with Crippen molar-refractivity contribution in [3.63, 3.8) is 0 Å². The van der Waals surface area contributed by atoms with Crippen molar-refractivity contribution in [3.8, 4) is 0 Å². The van der Waals surface area contributed by atoms with Crippen LogP contribution in [0.3, 0.4) is 0 Å². The first-order valence-corrected chi connectivity index (χ1v) is 9.41. The zero-order valence-electron chi connectivity index (χ0n) is 15.1. The molecule has 0 aliphatic carbocycles. The smallest absolute Gasteiger partial charge is 0.258 e. The van der Waals surface area contributed by atoms with E-state index in [0.29, 0.717) is 28.4 Å². The highest BCUT2D eigenvalue weighted by atomic mass is 35.5. The number of hydrogen-bond donors (Lipinski definition) is 1. The molecule has 0 atom stereocenters. The predicted molar refractivity (Wildman–Crippen MR) is 110 cm³/mol. The first kappa shape index (κ1) is 18.2. The van der Waals surface area contributed by atoms with Gasteiger partial charge in [0.1, 0.15) is 0 Å². The fourth-order valence-corrected chi connectivity index (χ4v) is 3.56. The van der Waals surface area contributed by atoms with Crippen LogP contribution < -0.4 is 10.2 Å². The number of fused-ring (bicyclic) bond motifs is 1. The van der Waals surface area contributed by atoms with Crippen LogP contribution in [0.1, 0.15) is 32.7 Å². The Kier molecular flexibility index (Phi) is 5.08.